The first-order chi connectivity index (χ1) is 10.0. The summed E-state index contributed by atoms with van der Waals surface area (Å²) in [6.07, 6.45) is 0. The summed E-state index contributed by atoms with van der Waals surface area (Å²) in [5.41, 5.74) is 1.48. The Morgan fingerprint density at radius 3 is 2.48 bits per heavy atom. The summed E-state index contributed by atoms with van der Waals surface area (Å²) >= 11 is 0. The van der Waals surface area contributed by atoms with Crippen LogP contribution in [0.2, 0.25) is 0 Å². The highest BCUT2D eigenvalue weighted by atomic mass is 16.5. The topological polar surface area (TPSA) is 91.6 Å². The molecular weight excluding hydrogens is 272 g/mol. The molecule has 110 valence electrons. The molecule has 0 spiro atoms. The molecule has 21 heavy (non-hydrogen) atoms. The Balaban J connectivity index is 2.51. The van der Waals surface area contributed by atoms with E-state index in [4.69, 9.17) is 4.42 Å². The summed E-state index contributed by atoms with van der Waals surface area (Å²) in [6.45, 7) is 3.54. The van der Waals surface area contributed by atoms with Crippen LogP contribution in [0.4, 0.5) is 5.69 Å². The molecule has 0 radical (unpaired) electrons. The van der Waals surface area contributed by atoms with E-state index in [1.807, 2.05) is 11.5 Å². The Bertz CT molecular complexity index is 693. The zero-order valence-electron chi connectivity index (χ0n) is 11.7. The van der Waals surface area contributed by atoms with Crippen molar-refractivity contribution in [3.05, 3.63) is 52.4 Å². The smallest absolute Gasteiger partial charge is 0.351 e. The summed E-state index contributed by atoms with van der Waals surface area (Å²) < 4.78 is 5.17. The quantitative estimate of drug-likeness (QED) is 0.750. The van der Waals surface area contributed by atoms with Crippen molar-refractivity contribution in [3.8, 4) is 11.3 Å². The lowest BCUT2D eigenvalue weighted by molar-refractivity contribution is 0.0939. The molecule has 0 aliphatic heterocycles. The minimum absolute atomic E-state index is 0.00301. The van der Waals surface area contributed by atoms with Gasteiger partial charge in [-0.25, -0.2) is 4.79 Å². The summed E-state index contributed by atoms with van der Waals surface area (Å²) in [5, 5.41) is 11.8. The van der Waals surface area contributed by atoms with E-state index in [1.54, 1.807) is 38.1 Å². The molecule has 0 atom stereocenters. The standard InChI is InChI=1S/C15H16N2O4/c1-9(2)16-14(18)13-11(17-20)8-12(21-15(13)19)10-6-4-3-5-7-10/h3-9,17,20H,1-2H3,(H,16,18). The third-order valence-corrected chi connectivity index (χ3v) is 2.78. The number of carbonyl (C=O) groups excluding carboxylic acids is 1. The largest absolute Gasteiger partial charge is 0.422 e. The molecule has 6 nitrogen and oxygen atoms in total. The van der Waals surface area contributed by atoms with Crippen LogP contribution in [-0.4, -0.2) is 17.2 Å². The fourth-order valence-electron chi connectivity index (χ4n) is 1.88. The fraction of sp³-hybridized carbons (Fsp3) is 0.200. The van der Waals surface area contributed by atoms with Crippen molar-refractivity contribution >= 4 is 11.6 Å². The second kappa shape index (κ2) is 6.23. The van der Waals surface area contributed by atoms with E-state index in [9.17, 15) is 14.8 Å². The van der Waals surface area contributed by atoms with Crippen molar-refractivity contribution in [1.29, 1.82) is 0 Å². The number of benzene rings is 1. The predicted octanol–water partition coefficient (Wildman–Crippen LogP) is 2.25. The lowest BCUT2D eigenvalue weighted by Crippen LogP contribution is -2.34. The molecule has 0 fully saturated rings. The van der Waals surface area contributed by atoms with Gasteiger partial charge in [0.05, 0.1) is 5.69 Å². The Labute approximate surface area is 121 Å². The maximum Gasteiger partial charge on any atom is 0.351 e. The lowest BCUT2D eigenvalue weighted by Gasteiger charge is -2.11. The summed E-state index contributed by atoms with van der Waals surface area (Å²) in [6, 6.07) is 10.2. The number of hydrogen-bond donors (Lipinski definition) is 3. The van der Waals surface area contributed by atoms with Gasteiger partial charge >= 0.3 is 5.63 Å². The fourth-order valence-corrected chi connectivity index (χ4v) is 1.88. The summed E-state index contributed by atoms with van der Waals surface area (Å²) in [4.78, 5) is 24.0. The van der Waals surface area contributed by atoms with Gasteiger partial charge in [0.2, 0.25) is 0 Å². The molecule has 0 aliphatic carbocycles. The molecule has 6 heteroatoms. The van der Waals surface area contributed by atoms with Gasteiger partial charge in [-0.15, -0.1) is 0 Å². The third kappa shape index (κ3) is 3.29. The van der Waals surface area contributed by atoms with Gasteiger partial charge in [0.1, 0.15) is 5.76 Å². The van der Waals surface area contributed by atoms with E-state index >= 15 is 0 Å². The van der Waals surface area contributed by atoms with Crippen LogP contribution in [0.5, 0.6) is 0 Å². The lowest BCUT2D eigenvalue weighted by atomic mass is 10.1. The predicted molar refractivity (Wildman–Crippen MR) is 78.4 cm³/mol. The van der Waals surface area contributed by atoms with E-state index in [1.165, 1.54) is 6.07 Å². The molecule has 2 rings (SSSR count). The van der Waals surface area contributed by atoms with Gasteiger partial charge in [-0.05, 0) is 13.8 Å². The van der Waals surface area contributed by atoms with Gasteiger partial charge in [-0.1, -0.05) is 30.3 Å². The molecule has 0 unspecified atom stereocenters. The second-order valence-electron chi connectivity index (χ2n) is 4.79. The van der Waals surface area contributed by atoms with Gasteiger partial charge in [0, 0.05) is 17.7 Å². The maximum absolute atomic E-state index is 12.0. The molecule has 0 bridgehead atoms. The van der Waals surface area contributed by atoms with E-state index in [0.717, 1.165) is 0 Å². The molecule has 0 saturated heterocycles. The molecule has 1 aromatic carbocycles. The maximum atomic E-state index is 12.0. The first-order valence-corrected chi connectivity index (χ1v) is 6.47. The van der Waals surface area contributed by atoms with Crippen LogP contribution in [0.3, 0.4) is 0 Å². The van der Waals surface area contributed by atoms with E-state index in [0.29, 0.717) is 5.56 Å². The van der Waals surface area contributed by atoms with Gasteiger partial charge in [0.15, 0.2) is 5.56 Å². The highest BCUT2D eigenvalue weighted by molar-refractivity contribution is 5.99. The minimum Gasteiger partial charge on any atom is -0.422 e. The number of hydrogen-bond acceptors (Lipinski definition) is 5. The third-order valence-electron chi connectivity index (χ3n) is 2.78. The van der Waals surface area contributed by atoms with Crippen molar-refractivity contribution in [3.63, 3.8) is 0 Å². The van der Waals surface area contributed by atoms with Gasteiger partial charge < -0.3 is 9.73 Å². The zero-order valence-corrected chi connectivity index (χ0v) is 11.7. The second-order valence-corrected chi connectivity index (χ2v) is 4.79. The molecule has 2 aromatic rings. The van der Waals surface area contributed by atoms with Crippen LogP contribution in [-0.2, 0) is 0 Å². The molecule has 0 aliphatic rings. The number of anilines is 1. The van der Waals surface area contributed by atoms with Crippen molar-refractivity contribution in [2.24, 2.45) is 0 Å². The van der Waals surface area contributed by atoms with Crippen LogP contribution >= 0.6 is 0 Å². The molecule has 1 aromatic heterocycles. The van der Waals surface area contributed by atoms with Crippen LogP contribution in [0.15, 0.2) is 45.6 Å². The van der Waals surface area contributed by atoms with E-state index in [2.05, 4.69) is 5.32 Å². The molecular formula is C15H16N2O4. The summed E-state index contributed by atoms with van der Waals surface area (Å²) in [5.74, 6) is -0.340. The van der Waals surface area contributed by atoms with Crippen molar-refractivity contribution < 1.29 is 14.4 Å². The number of carbonyl (C=O) groups is 1. The Hall–Kier alpha value is -2.60. The van der Waals surface area contributed by atoms with Gasteiger partial charge in [0.25, 0.3) is 5.91 Å². The van der Waals surface area contributed by atoms with Crippen molar-refractivity contribution in [2.45, 2.75) is 19.9 Å². The molecule has 0 saturated carbocycles. The first-order valence-electron chi connectivity index (χ1n) is 6.47. The molecule has 3 N–H and O–H groups in total. The van der Waals surface area contributed by atoms with E-state index in [-0.39, 0.29) is 23.1 Å². The van der Waals surface area contributed by atoms with Crippen molar-refractivity contribution in [2.75, 3.05) is 5.48 Å². The van der Waals surface area contributed by atoms with Crippen molar-refractivity contribution in [1.82, 2.24) is 5.32 Å². The van der Waals surface area contributed by atoms with Crippen LogP contribution in [0.25, 0.3) is 11.3 Å². The Kier molecular flexibility index (Phi) is 4.39. The zero-order chi connectivity index (χ0) is 15.4. The average molecular weight is 288 g/mol. The monoisotopic (exact) mass is 288 g/mol. The Morgan fingerprint density at radius 1 is 1.24 bits per heavy atom. The Morgan fingerprint density at radius 2 is 1.90 bits per heavy atom. The normalized spacial score (nSPS) is 10.5. The van der Waals surface area contributed by atoms with Crippen LogP contribution in [0, 0.1) is 0 Å². The van der Waals surface area contributed by atoms with E-state index < -0.39 is 11.5 Å². The number of amides is 1. The minimum atomic E-state index is -0.814. The van der Waals surface area contributed by atoms with Gasteiger partial charge in [-0.2, -0.15) is 0 Å². The summed E-state index contributed by atoms with van der Waals surface area (Å²) in [7, 11) is 0. The highest BCUT2D eigenvalue weighted by Crippen LogP contribution is 2.22. The number of rotatable bonds is 4. The molecule has 1 heterocycles. The first kappa shape index (κ1) is 14.8. The SMILES string of the molecule is CC(C)NC(=O)c1c(NO)cc(-c2ccccc2)oc1=O. The average Bonchev–Trinajstić information content (AvgIpc) is 2.46. The van der Waals surface area contributed by atoms with Crippen LogP contribution in [0.1, 0.15) is 24.2 Å². The van der Waals surface area contributed by atoms with Gasteiger partial charge in [-0.3, -0.25) is 15.5 Å². The highest BCUT2D eigenvalue weighted by Gasteiger charge is 2.20. The number of nitrogens with one attached hydrogen (secondary N) is 2. The van der Waals surface area contributed by atoms with Crippen LogP contribution < -0.4 is 16.4 Å². The molecule has 1 amide bonds.